The Bertz CT molecular complexity index is 976. The highest BCUT2D eigenvalue weighted by Gasteiger charge is 2.32. The van der Waals surface area contributed by atoms with Crippen molar-refractivity contribution in [2.75, 3.05) is 26.2 Å². The van der Waals surface area contributed by atoms with Gasteiger partial charge in [-0.15, -0.1) is 5.10 Å². The smallest absolute Gasteiger partial charge is 0.409 e. The lowest BCUT2D eigenvalue weighted by molar-refractivity contribution is 0.0387. The molecule has 3 heterocycles. The average molecular weight is 450 g/mol. The number of piperidine rings is 1. The summed E-state index contributed by atoms with van der Waals surface area (Å²) in [5.74, 6) is -0.780. The number of carbonyl (C=O) groups is 2. The van der Waals surface area contributed by atoms with Crippen molar-refractivity contribution in [3.63, 3.8) is 0 Å². The molecule has 31 heavy (non-hydrogen) atoms. The van der Waals surface area contributed by atoms with Crippen molar-refractivity contribution in [3.8, 4) is 5.69 Å². The number of hydrogen-bond donors (Lipinski definition) is 0. The van der Waals surface area contributed by atoms with Crippen LogP contribution in [-0.2, 0) is 4.74 Å². The van der Waals surface area contributed by atoms with Crippen LogP contribution in [0, 0.1) is 12.7 Å². The molecule has 2 aliphatic heterocycles. The third kappa shape index (κ3) is 4.51. The lowest BCUT2D eigenvalue weighted by Crippen LogP contribution is -2.47. The van der Waals surface area contributed by atoms with E-state index in [4.69, 9.17) is 16.3 Å². The third-order valence-corrected chi connectivity index (χ3v) is 6.19. The van der Waals surface area contributed by atoms with Crippen molar-refractivity contribution in [1.29, 1.82) is 0 Å². The normalized spacial score (nSPS) is 19.0. The zero-order chi connectivity index (χ0) is 22.0. The fraction of sp³-hybridized carbons (Fsp3) is 0.524. The number of hydrogen-bond acceptors (Lipinski definition) is 5. The quantitative estimate of drug-likeness (QED) is 0.712. The van der Waals surface area contributed by atoms with Crippen LogP contribution in [0.3, 0.4) is 0 Å². The molecule has 4 rings (SSSR count). The van der Waals surface area contributed by atoms with Crippen molar-refractivity contribution >= 4 is 23.6 Å². The van der Waals surface area contributed by atoms with E-state index in [0.717, 1.165) is 45.2 Å². The van der Waals surface area contributed by atoms with E-state index in [2.05, 4.69) is 10.3 Å². The first kappa shape index (κ1) is 21.5. The number of carbonyl (C=O) groups excluding carboxylic acids is 2. The Morgan fingerprint density at radius 2 is 1.94 bits per heavy atom. The van der Waals surface area contributed by atoms with Gasteiger partial charge < -0.3 is 14.5 Å². The number of aromatic nitrogens is 3. The molecule has 166 valence electrons. The van der Waals surface area contributed by atoms with Gasteiger partial charge in [0.2, 0.25) is 0 Å². The van der Waals surface area contributed by atoms with E-state index in [1.807, 2.05) is 0 Å². The van der Waals surface area contributed by atoms with E-state index in [-0.39, 0.29) is 35.4 Å². The van der Waals surface area contributed by atoms with Crippen molar-refractivity contribution in [2.24, 2.45) is 0 Å². The molecule has 2 aromatic rings. The summed E-state index contributed by atoms with van der Waals surface area (Å²) in [6.07, 6.45) is 4.29. The van der Waals surface area contributed by atoms with Crippen LogP contribution in [-0.4, -0.2) is 69.1 Å². The monoisotopic (exact) mass is 449 g/mol. The summed E-state index contributed by atoms with van der Waals surface area (Å²) in [5, 5.41) is 8.12. The standard InChI is InChI=1S/C21H25ClFN5O3/c1-14-19(24-25-28(14)15-7-8-18(23)17(22)12-15)20(29)27-11-3-2-6-16(27)13-31-21(30)26-9-4-5-10-26/h7-8,12,16H,2-6,9-11,13H2,1H3. The summed E-state index contributed by atoms with van der Waals surface area (Å²) in [5.41, 5.74) is 1.27. The number of halogens is 2. The van der Waals surface area contributed by atoms with E-state index in [0.29, 0.717) is 17.9 Å². The van der Waals surface area contributed by atoms with Gasteiger partial charge in [-0.3, -0.25) is 4.79 Å². The maximum Gasteiger partial charge on any atom is 0.409 e. The lowest BCUT2D eigenvalue weighted by Gasteiger charge is -2.35. The minimum absolute atomic E-state index is 0.0313. The Labute approximate surface area is 184 Å². The van der Waals surface area contributed by atoms with E-state index in [1.165, 1.54) is 22.9 Å². The number of rotatable bonds is 4. The highest BCUT2D eigenvalue weighted by molar-refractivity contribution is 6.30. The first-order valence-electron chi connectivity index (χ1n) is 10.6. The Hall–Kier alpha value is -2.68. The third-order valence-electron chi connectivity index (χ3n) is 5.90. The summed E-state index contributed by atoms with van der Waals surface area (Å²) in [6.45, 7) is 3.92. The van der Waals surface area contributed by atoms with Gasteiger partial charge in [-0.2, -0.15) is 0 Å². The molecule has 1 atom stereocenters. The molecule has 0 bridgehead atoms. The highest BCUT2D eigenvalue weighted by Crippen LogP contribution is 2.23. The number of likely N-dealkylation sites (tertiary alicyclic amines) is 2. The maximum atomic E-state index is 13.5. The van der Waals surface area contributed by atoms with Gasteiger partial charge in [0.15, 0.2) is 5.69 Å². The minimum Gasteiger partial charge on any atom is -0.447 e. The summed E-state index contributed by atoms with van der Waals surface area (Å²) in [6, 6.07) is 4.01. The fourth-order valence-corrected chi connectivity index (χ4v) is 4.30. The van der Waals surface area contributed by atoms with Gasteiger partial charge in [0.25, 0.3) is 5.91 Å². The van der Waals surface area contributed by atoms with Crippen LogP contribution in [0.25, 0.3) is 5.69 Å². The summed E-state index contributed by atoms with van der Waals surface area (Å²) < 4.78 is 20.5. The van der Waals surface area contributed by atoms with Crippen LogP contribution in [0.2, 0.25) is 5.02 Å². The molecule has 8 nitrogen and oxygen atoms in total. The molecule has 2 aliphatic rings. The van der Waals surface area contributed by atoms with Gasteiger partial charge >= 0.3 is 6.09 Å². The zero-order valence-electron chi connectivity index (χ0n) is 17.4. The number of benzene rings is 1. The summed E-state index contributed by atoms with van der Waals surface area (Å²) in [7, 11) is 0. The Balaban J connectivity index is 1.48. The van der Waals surface area contributed by atoms with E-state index in [1.54, 1.807) is 16.7 Å². The van der Waals surface area contributed by atoms with E-state index < -0.39 is 5.82 Å². The molecule has 1 aromatic heterocycles. The molecular weight excluding hydrogens is 425 g/mol. The van der Waals surface area contributed by atoms with Gasteiger partial charge in [0.05, 0.1) is 22.4 Å². The molecule has 1 unspecified atom stereocenters. The van der Waals surface area contributed by atoms with Gasteiger partial charge in [-0.05, 0) is 57.2 Å². The number of ether oxygens (including phenoxy) is 1. The van der Waals surface area contributed by atoms with Crippen LogP contribution < -0.4 is 0 Å². The minimum atomic E-state index is -0.529. The van der Waals surface area contributed by atoms with Gasteiger partial charge in [-0.1, -0.05) is 16.8 Å². The predicted molar refractivity (Wildman–Crippen MR) is 112 cm³/mol. The molecule has 0 radical (unpaired) electrons. The number of nitrogens with zero attached hydrogens (tertiary/aromatic N) is 5. The number of amides is 2. The van der Waals surface area contributed by atoms with Gasteiger partial charge in [0.1, 0.15) is 12.4 Å². The van der Waals surface area contributed by atoms with Crippen LogP contribution in [0.4, 0.5) is 9.18 Å². The van der Waals surface area contributed by atoms with E-state index in [9.17, 15) is 14.0 Å². The summed E-state index contributed by atoms with van der Waals surface area (Å²) >= 11 is 5.88. The van der Waals surface area contributed by atoms with Crippen molar-refractivity contribution < 1.29 is 18.7 Å². The molecular formula is C21H25ClFN5O3. The van der Waals surface area contributed by atoms with Crippen molar-refractivity contribution in [2.45, 2.75) is 45.1 Å². The molecule has 2 saturated heterocycles. The second kappa shape index (κ2) is 9.21. The first-order chi connectivity index (χ1) is 15.0. The second-order valence-electron chi connectivity index (χ2n) is 7.95. The predicted octanol–water partition coefficient (Wildman–Crippen LogP) is 3.60. The first-order valence-corrected chi connectivity index (χ1v) is 10.9. The molecule has 0 saturated carbocycles. The van der Waals surface area contributed by atoms with Crippen LogP contribution >= 0.6 is 11.6 Å². The lowest BCUT2D eigenvalue weighted by atomic mass is 10.0. The SMILES string of the molecule is Cc1c(C(=O)N2CCCCC2COC(=O)N2CCCC2)nnn1-c1ccc(F)c(Cl)c1. The van der Waals surface area contributed by atoms with E-state index >= 15 is 0 Å². The Morgan fingerprint density at radius 1 is 1.19 bits per heavy atom. The second-order valence-corrected chi connectivity index (χ2v) is 8.36. The fourth-order valence-electron chi connectivity index (χ4n) is 4.12. The molecule has 0 aliphatic carbocycles. The Kier molecular flexibility index (Phi) is 6.41. The van der Waals surface area contributed by atoms with Crippen LogP contribution in [0.1, 0.15) is 48.3 Å². The largest absolute Gasteiger partial charge is 0.447 e. The molecule has 10 heteroatoms. The highest BCUT2D eigenvalue weighted by atomic mass is 35.5. The maximum absolute atomic E-state index is 13.5. The van der Waals surface area contributed by atoms with Crippen molar-refractivity contribution in [3.05, 3.63) is 40.4 Å². The topological polar surface area (TPSA) is 80.6 Å². The van der Waals surface area contributed by atoms with Crippen LogP contribution in [0.5, 0.6) is 0 Å². The molecule has 0 spiro atoms. The van der Waals surface area contributed by atoms with Gasteiger partial charge in [-0.25, -0.2) is 13.9 Å². The molecule has 0 N–H and O–H groups in total. The average Bonchev–Trinajstić information content (AvgIpc) is 3.44. The molecule has 2 amide bonds. The van der Waals surface area contributed by atoms with Crippen molar-refractivity contribution in [1.82, 2.24) is 24.8 Å². The zero-order valence-corrected chi connectivity index (χ0v) is 18.1. The van der Waals surface area contributed by atoms with Gasteiger partial charge in [0, 0.05) is 19.6 Å². The molecule has 2 fully saturated rings. The summed E-state index contributed by atoms with van der Waals surface area (Å²) in [4.78, 5) is 28.9. The van der Waals surface area contributed by atoms with Crippen LogP contribution in [0.15, 0.2) is 18.2 Å². The Morgan fingerprint density at radius 3 is 2.68 bits per heavy atom. The molecule has 1 aromatic carbocycles.